The van der Waals surface area contributed by atoms with Gasteiger partial charge < -0.3 is 20.6 Å². The van der Waals surface area contributed by atoms with Crippen LogP contribution >= 0.6 is 0 Å². The second kappa shape index (κ2) is 11.0. The van der Waals surface area contributed by atoms with Crippen molar-refractivity contribution < 1.29 is 21.7 Å². The minimum atomic E-state index is -0.250. The number of benzene rings is 3. The molecule has 1 aliphatic rings. The fraction of sp³-hybridized carbons (Fsp3) is 0.250. The zero-order valence-electron chi connectivity index (χ0n) is 17.3. The van der Waals surface area contributed by atoms with Crippen molar-refractivity contribution in [1.29, 1.82) is 0 Å². The van der Waals surface area contributed by atoms with Crippen LogP contribution in [0, 0.1) is 20.9 Å². The minimum absolute atomic E-state index is 0. The van der Waals surface area contributed by atoms with Crippen LogP contribution in [0.4, 0.5) is 0 Å². The first kappa shape index (κ1) is 28.0. The standard InChI is InChI=1S/C18H13.C4H10N.2CH3.Si.Ti/c1-12-10-11-17-15-8-3-2-6-13(15)14-7-4-5-9-16(14)18(12)17;1-4(2,3)5;;;;/h2-8,10-12H,1H3;5H,1-3H3;2*1H3;;/q4*-1;;+4. The van der Waals surface area contributed by atoms with E-state index < -0.39 is 0 Å². The predicted molar refractivity (Wildman–Crippen MR) is 120 cm³/mol. The predicted octanol–water partition coefficient (Wildman–Crippen LogP) is 7.28. The Hall–Kier alpha value is -1.19. The Labute approximate surface area is 185 Å². The molecular formula is C24H29NSiTi. The van der Waals surface area contributed by atoms with E-state index in [1.807, 2.05) is 26.8 Å². The summed E-state index contributed by atoms with van der Waals surface area (Å²) in [5.41, 5.74) is 9.50. The van der Waals surface area contributed by atoms with Gasteiger partial charge in [-0.2, -0.15) is 0 Å². The Kier molecular flexibility index (Phi) is 11.4. The van der Waals surface area contributed by atoms with Crippen LogP contribution in [0.25, 0.3) is 33.4 Å². The Bertz CT molecular complexity index is 888. The fourth-order valence-electron chi connectivity index (χ4n) is 3.11. The molecular weight excluding hydrogens is 378 g/mol. The van der Waals surface area contributed by atoms with Gasteiger partial charge in [-0.3, -0.25) is 0 Å². The van der Waals surface area contributed by atoms with Crippen molar-refractivity contribution in [3.8, 4) is 0 Å². The SMILES string of the molecule is CC(C)(C)[NH-].CC1C=Cc2c1c1[c-]cccc1c1ccccc21.[CH3-].[CH3-].[Si].[Ti+4]. The van der Waals surface area contributed by atoms with E-state index in [1.165, 1.54) is 32.7 Å². The second-order valence-corrected chi connectivity index (χ2v) is 7.23. The van der Waals surface area contributed by atoms with Crippen LogP contribution in [-0.2, 0) is 21.7 Å². The first-order valence-corrected chi connectivity index (χ1v) is 8.14. The zero-order valence-corrected chi connectivity index (χ0v) is 19.8. The molecule has 1 aliphatic carbocycles. The molecule has 3 aromatic rings. The number of allylic oxidation sites excluding steroid dienone is 1. The van der Waals surface area contributed by atoms with Gasteiger partial charge in [0.2, 0.25) is 0 Å². The van der Waals surface area contributed by atoms with Gasteiger partial charge in [-0.15, -0.1) is 46.1 Å². The summed E-state index contributed by atoms with van der Waals surface area (Å²) in [6.07, 6.45) is 4.56. The van der Waals surface area contributed by atoms with E-state index >= 15 is 0 Å². The van der Waals surface area contributed by atoms with E-state index in [0.717, 1.165) is 0 Å². The van der Waals surface area contributed by atoms with E-state index in [1.54, 1.807) is 0 Å². The van der Waals surface area contributed by atoms with Gasteiger partial charge in [-0.05, 0) is 11.3 Å². The van der Waals surface area contributed by atoms with Gasteiger partial charge in [0.15, 0.2) is 0 Å². The zero-order chi connectivity index (χ0) is 16.6. The number of hydrogen-bond donors (Lipinski definition) is 0. The molecule has 4 rings (SSSR count). The Morgan fingerprint density at radius 1 is 0.926 bits per heavy atom. The maximum absolute atomic E-state index is 6.94. The largest absolute Gasteiger partial charge is 4.00 e. The van der Waals surface area contributed by atoms with Crippen LogP contribution in [0.15, 0.2) is 48.5 Å². The Morgan fingerprint density at radius 3 is 2.04 bits per heavy atom. The molecule has 0 bridgehead atoms. The quantitative estimate of drug-likeness (QED) is 0.212. The molecule has 0 fully saturated rings. The van der Waals surface area contributed by atoms with Crippen molar-refractivity contribution in [2.45, 2.75) is 39.2 Å². The summed E-state index contributed by atoms with van der Waals surface area (Å²) in [6, 6.07) is 18.4. The van der Waals surface area contributed by atoms with Crippen molar-refractivity contribution >= 4 is 38.6 Å². The van der Waals surface area contributed by atoms with Crippen LogP contribution in [-0.4, -0.2) is 16.5 Å². The molecule has 3 aromatic carbocycles. The van der Waals surface area contributed by atoms with Crippen molar-refractivity contribution in [3.63, 3.8) is 0 Å². The summed E-state index contributed by atoms with van der Waals surface area (Å²) in [4.78, 5) is 0. The third-order valence-electron chi connectivity index (χ3n) is 3.93. The average molecular weight is 407 g/mol. The third kappa shape index (κ3) is 6.15. The van der Waals surface area contributed by atoms with E-state index in [2.05, 4.69) is 61.5 Å². The van der Waals surface area contributed by atoms with Gasteiger partial charge in [0.05, 0.1) is 0 Å². The molecule has 0 saturated carbocycles. The molecule has 0 saturated heterocycles. The first-order chi connectivity index (χ1) is 10.9. The molecule has 4 radical (unpaired) electrons. The van der Waals surface area contributed by atoms with E-state index in [-0.39, 0.29) is 53.1 Å². The summed E-state index contributed by atoms with van der Waals surface area (Å²) in [5.74, 6) is 0.491. The molecule has 1 nitrogen and oxygen atoms in total. The average Bonchev–Trinajstić information content (AvgIpc) is 2.88. The Morgan fingerprint density at radius 2 is 1.44 bits per heavy atom. The van der Waals surface area contributed by atoms with Gasteiger partial charge in [-0.1, -0.05) is 75.1 Å². The van der Waals surface area contributed by atoms with E-state index in [9.17, 15) is 0 Å². The summed E-state index contributed by atoms with van der Waals surface area (Å²) in [6.45, 7) is 7.82. The monoisotopic (exact) mass is 407 g/mol. The normalized spacial score (nSPS) is 13.9. The molecule has 0 aromatic heterocycles. The van der Waals surface area contributed by atoms with Crippen molar-refractivity contribution in [2.75, 3.05) is 0 Å². The number of nitrogens with one attached hydrogen (secondary N) is 1. The Balaban J connectivity index is 0. The molecule has 0 spiro atoms. The van der Waals surface area contributed by atoms with Crippen LogP contribution < -0.4 is 0 Å². The minimum Gasteiger partial charge on any atom is -0.673 e. The van der Waals surface area contributed by atoms with Crippen LogP contribution in [0.2, 0.25) is 0 Å². The van der Waals surface area contributed by atoms with Crippen LogP contribution in [0.5, 0.6) is 0 Å². The van der Waals surface area contributed by atoms with Gasteiger partial charge in [0.1, 0.15) is 0 Å². The van der Waals surface area contributed by atoms with Gasteiger partial charge in [0, 0.05) is 11.0 Å². The van der Waals surface area contributed by atoms with E-state index in [4.69, 9.17) is 5.73 Å². The molecule has 1 unspecified atom stereocenters. The maximum atomic E-state index is 6.94. The van der Waals surface area contributed by atoms with Gasteiger partial charge in [0.25, 0.3) is 0 Å². The van der Waals surface area contributed by atoms with Crippen LogP contribution in [0.1, 0.15) is 44.7 Å². The molecule has 3 heteroatoms. The summed E-state index contributed by atoms with van der Waals surface area (Å²) < 4.78 is 0. The fourth-order valence-corrected chi connectivity index (χ4v) is 3.11. The number of rotatable bonds is 0. The molecule has 1 atom stereocenters. The maximum Gasteiger partial charge on any atom is 4.00 e. The van der Waals surface area contributed by atoms with Crippen LogP contribution in [0.3, 0.4) is 0 Å². The molecule has 138 valence electrons. The van der Waals surface area contributed by atoms with E-state index in [0.29, 0.717) is 5.92 Å². The van der Waals surface area contributed by atoms with Crippen molar-refractivity contribution in [1.82, 2.24) is 0 Å². The third-order valence-corrected chi connectivity index (χ3v) is 3.93. The van der Waals surface area contributed by atoms with Crippen molar-refractivity contribution in [3.05, 3.63) is 86.3 Å². The molecule has 27 heavy (non-hydrogen) atoms. The molecule has 0 heterocycles. The molecule has 0 aliphatic heterocycles. The number of fused-ring (bicyclic) bond motifs is 6. The smallest absolute Gasteiger partial charge is 0.673 e. The number of hydrogen-bond acceptors (Lipinski definition) is 0. The van der Waals surface area contributed by atoms with Gasteiger partial charge >= 0.3 is 21.7 Å². The summed E-state index contributed by atoms with van der Waals surface area (Å²) >= 11 is 0. The summed E-state index contributed by atoms with van der Waals surface area (Å²) in [7, 11) is 0. The molecule has 0 amide bonds. The topological polar surface area (TPSA) is 23.8 Å². The van der Waals surface area contributed by atoms with Gasteiger partial charge in [-0.25, -0.2) is 0 Å². The molecule has 1 N–H and O–H groups in total. The summed E-state index contributed by atoms with van der Waals surface area (Å²) in [5, 5.41) is 5.30. The van der Waals surface area contributed by atoms with Crippen molar-refractivity contribution in [2.24, 2.45) is 0 Å². The second-order valence-electron chi connectivity index (χ2n) is 7.23. The first-order valence-electron chi connectivity index (χ1n) is 8.14.